The molecule has 124 valence electrons. The second-order valence-corrected chi connectivity index (χ2v) is 5.25. The first-order valence-electron chi connectivity index (χ1n) is 7.40. The zero-order chi connectivity index (χ0) is 16.9. The first kappa shape index (κ1) is 15.9. The molecule has 0 amide bonds. The molecule has 0 fully saturated rings. The molecule has 2 aromatic heterocycles. The number of rotatable bonds is 6. The van der Waals surface area contributed by atoms with E-state index in [2.05, 4.69) is 15.3 Å². The number of hydrogen-bond donors (Lipinski definition) is 3. The van der Waals surface area contributed by atoms with Crippen LogP contribution in [0.3, 0.4) is 0 Å². The SMILES string of the molecule is O=c1cc(NCC(O)COc2cccc(F)c2)c2cccnc2[nH]1. The Labute approximate surface area is 136 Å². The van der Waals surface area contributed by atoms with Crippen molar-refractivity contribution in [3.05, 3.63) is 64.8 Å². The number of aromatic amines is 1. The van der Waals surface area contributed by atoms with Crippen LogP contribution < -0.4 is 15.6 Å². The molecular formula is C17H16FN3O3. The van der Waals surface area contributed by atoms with Crippen LogP contribution in [0.15, 0.2) is 53.5 Å². The fourth-order valence-electron chi connectivity index (χ4n) is 2.27. The third-order valence-electron chi connectivity index (χ3n) is 3.38. The molecule has 1 aromatic carbocycles. The Hall–Kier alpha value is -2.93. The summed E-state index contributed by atoms with van der Waals surface area (Å²) >= 11 is 0. The van der Waals surface area contributed by atoms with Gasteiger partial charge in [0, 0.05) is 30.3 Å². The lowest BCUT2D eigenvalue weighted by Crippen LogP contribution is -2.26. The number of nitrogens with zero attached hydrogens (tertiary/aromatic N) is 1. The normalized spacial score (nSPS) is 12.1. The zero-order valence-electron chi connectivity index (χ0n) is 12.7. The largest absolute Gasteiger partial charge is 0.491 e. The first-order chi connectivity index (χ1) is 11.6. The lowest BCUT2D eigenvalue weighted by atomic mass is 10.2. The van der Waals surface area contributed by atoms with Crippen molar-refractivity contribution in [2.45, 2.75) is 6.10 Å². The topological polar surface area (TPSA) is 87.2 Å². The molecule has 1 unspecified atom stereocenters. The average molecular weight is 329 g/mol. The van der Waals surface area contributed by atoms with Gasteiger partial charge in [-0.15, -0.1) is 0 Å². The van der Waals surface area contributed by atoms with Gasteiger partial charge in [0.2, 0.25) is 0 Å². The highest BCUT2D eigenvalue weighted by molar-refractivity contribution is 5.88. The Morgan fingerprint density at radius 2 is 2.17 bits per heavy atom. The van der Waals surface area contributed by atoms with Gasteiger partial charge >= 0.3 is 0 Å². The Bertz CT molecular complexity index is 897. The summed E-state index contributed by atoms with van der Waals surface area (Å²) in [6.07, 6.45) is 0.753. The Morgan fingerprint density at radius 3 is 3.00 bits per heavy atom. The predicted octanol–water partition coefficient (Wildman–Crippen LogP) is 1.91. The predicted molar refractivity (Wildman–Crippen MR) is 88.8 cm³/mol. The Balaban J connectivity index is 1.62. The number of fused-ring (bicyclic) bond motifs is 1. The molecule has 2 heterocycles. The van der Waals surface area contributed by atoms with Crippen LogP contribution in [0.4, 0.5) is 10.1 Å². The summed E-state index contributed by atoms with van der Waals surface area (Å²) in [5.41, 5.74) is 0.763. The molecular weight excluding hydrogens is 313 g/mol. The van der Waals surface area contributed by atoms with E-state index in [-0.39, 0.29) is 18.7 Å². The molecule has 0 saturated heterocycles. The van der Waals surface area contributed by atoms with Gasteiger partial charge < -0.3 is 20.1 Å². The zero-order valence-corrected chi connectivity index (χ0v) is 12.7. The number of nitrogens with one attached hydrogen (secondary N) is 2. The maximum Gasteiger partial charge on any atom is 0.251 e. The Kier molecular flexibility index (Phi) is 4.72. The van der Waals surface area contributed by atoms with Gasteiger partial charge in [0.15, 0.2) is 0 Å². The summed E-state index contributed by atoms with van der Waals surface area (Å²) in [7, 11) is 0. The van der Waals surface area contributed by atoms with Gasteiger partial charge in [-0.25, -0.2) is 9.37 Å². The van der Waals surface area contributed by atoms with Gasteiger partial charge in [0.1, 0.15) is 29.9 Å². The van der Waals surface area contributed by atoms with E-state index in [1.807, 2.05) is 6.07 Å². The lowest BCUT2D eigenvalue weighted by Gasteiger charge is -2.15. The molecule has 0 aliphatic rings. The number of anilines is 1. The molecule has 0 bridgehead atoms. The van der Waals surface area contributed by atoms with E-state index in [0.29, 0.717) is 17.1 Å². The van der Waals surface area contributed by atoms with Crippen LogP contribution >= 0.6 is 0 Å². The van der Waals surface area contributed by atoms with E-state index < -0.39 is 11.9 Å². The average Bonchev–Trinajstić information content (AvgIpc) is 2.57. The van der Waals surface area contributed by atoms with E-state index >= 15 is 0 Å². The van der Waals surface area contributed by atoms with Crippen LogP contribution in [0.1, 0.15) is 0 Å². The van der Waals surface area contributed by atoms with Crippen LogP contribution in [-0.2, 0) is 0 Å². The van der Waals surface area contributed by atoms with Gasteiger partial charge in [-0.05, 0) is 24.3 Å². The van der Waals surface area contributed by atoms with Gasteiger partial charge in [-0.3, -0.25) is 4.79 Å². The summed E-state index contributed by atoms with van der Waals surface area (Å²) in [6.45, 7) is 0.165. The highest BCUT2D eigenvalue weighted by atomic mass is 19.1. The molecule has 3 rings (SSSR count). The van der Waals surface area contributed by atoms with Crippen molar-refractivity contribution in [3.63, 3.8) is 0 Å². The summed E-state index contributed by atoms with van der Waals surface area (Å²) in [5.74, 6) is -0.0533. The van der Waals surface area contributed by atoms with Gasteiger partial charge in [0.05, 0.1) is 5.69 Å². The van der Waals surface area contributed by atoms with E-state index in [1.54, 1.807) is 18.3 Å². The Morgan fingerprint density at radius 1 is 1.29 bits per heavy atom. The molecule has 24 heavy (non-hydrogen) atoms. The number of aromatic nitrogens is 2. The molecule has 0 aliphatic heterocycles. The van der Waals surface area contributed by atoms with E-state index in [4.69, 9.17) is 4.74 Å². The second-order valence-electron chi connectivity index (χ2n) is 5.25. The third-order valence-corrected chi connectivity index (χ3v) is 3.38. The molecule has 0 spiro atoms. The van der Waals surface area contributed by atoms with Crippen molar-refractivity contribution in [1.29, 1.82) is 0 Å². The monoisotopic (exact) mass is 329 g/mol. The number of ether oxygens (including phenoxy) is 1. The van der Waals surface area contributed by atoms with Crippen molar-refractivity contribution in [1.82, 2.24) is 9.97 Å². The number of aliphatic hydroxyl groups is 1. The summed E-state index contributed by atoms with van der Waals surface area (Å²) in [4.78, 5) is 18.4. The summed E-state index contributed by atoms with van der Waals surface area (Å²) in [6, 6.07) is 10.7. The van der Waals surface area contributed by atoms with Crippen molar-refractivity contribution in [3.8, 4) is 5.75 Å². The molecule has 7 heteroatoms. The van der Waals surface area contributed by atoms with Crippen molar-refractivity contribution < 1.29 is 14.2 Å². The number of hydrogen-bond acceptors (Lipinski definition) is 5. The van der Waals surface area contributed by atoms with E-state index in [9.17, 15) is 14.3 Å². The molecule has 0 saturated carbocycles. The fraction of sp³-hybridized carbons (Fsp3) is 0.176. The molecule has 3 N–H and O–H groups in total. The van der Waals surface area contributed by atoms with Crippen molar-refractivity contribution >= 4 is 16.7 Å². The number of halogens is 1. The molecule has 6 nitrogen and oxygen atoms in total. The van der Waals surface area contributed by atoms with Gasteiger partial charge in [-0.2, -0.15) is 0 Å². The molecule has 0 aliphatic carbocycles. The first-order valence-corrected chi connectivity index (χ1v) is 7.40. The smallest absolute Gasteiger partial charge is 0.251 e. The van der Waals surface area contributed by atoms with Crippen LogP contribution in [0.25, 0.3) is 11.0 Å². The second kappa shape index (κ2) is 7.10. The summed E-state index contributed by atoms with van der Waals surface area (Å²) < 4.78 is 18.4. The van der Waals surface area contributed by atoms with Crippen LogP contribution in [-0.4, -0.2) is 34.3 Å². The van der Waals surface area contributed by atoms with Crippen LogP contribution in [0, 0.1) is 5.82 Å². The van der Waals surface area contributed by atoms with Crippen LogP contribution in [0.5, 0.6) is 5.75 Å². The van der Waals surface area contributed by atoms with Crippen molar-refractivity contribution in [2.24, 2.45) is 0 Å². The van der Waals surface area contributed by atoms with Gasteiger partial charge in [0.25, 0.3) is 5.56 Å². The quantitative estimate of drug-likeness (QED) is 0.643. The van der Waals surface area contributed by atoms with Crippen LogP contribution in [0.2, 0.25) is 0 Å². The molecule has 0 radical (unpaired) electrons. The maximum atomic E-state index is 13.1. The third kappa shape index (κ3) is 3.88. The number of aliphatic hydroxyl groups excluding tert-OH is 1. The highest BCUT2D eigenvalue weighted by Crippen LogP contribution is 2.17. The standard InChI is InChI=1S/C17H16FN3O3/c18-11-3-1-4-13(7-11)24-10-12(22)9-20-15-8-16(23)21-17-14(15)5-2-6-19-17/h1-8,12,22H,9-10H2,(H2,19,20,21,23). The minimum absolute atomic E-state index is 0.00414. The van der Waals surface area contributed by atoms with Crippen molar-refractivity contribution in [2.75, 3.05) is 18.5 Å². The number of pyridine rings is 2. The van der Waals surface area contributed by atoms with Gasteiger partial charge in [-0.1, -0.05) is 6.07 Å². The lowest BCUT2D eigenvalue weighted by molar-refractivity contribution is 0.117. The fourth-order valence-corrected chi connectivity index (χ4v) is 2.27. The van der Waals surface area contributed by atoms with E-state index in [0.717, 1.165) is 5.39 Å². The molecule has 3 aromatic rings. The number of benzene rings is 1. The molecule has 1 atom stereocenters. The summed E-state index contributed by atoms with van der Waals surface area (Å²) in [5, 5.41) is 13.8. The number of H-pyrrole nitrogens is 1. The highest BCUT2D eigenvalue weighted by Gasteiger charge is 2.08. The minimum atomic E-state index is -0.834. The minimum Gasteiger partial charge on any atom is -0.491 e. The van der Waals surface area contributed by atoms with E-state index in [1.165, 1.54) is 24.3 Å². The maximum absolute atomic E-state index is 13.1.